The summed E-state index contributed by atoms with van der Waals surface area (Å²) in [5, 5.41) is 12.2. The quantitative estimate of drug-likeness (QED) is 0.689. The second-order valence-corrected chi connectivity index (χ2v) is 4.52. The molecule has 1 amide bonds. The third-order valence-electron chi connectivity index (χ3n) is 3.02. The lowest BCUT2D eigenvalue weighted by Crippen LogP contribution is -2.11. The number of phenolic OH excluding ortho intramolecular Hbond substituents is 1. The summed E-state index contributed by atoms with van der Waals surface area (Å²) in [4.78, 5) is 19.2. The molecule has 0 unspecified atom stereocenters. The van der Waals surface area contributed by atoms with Gasteiger partial charge in [0.15, 0.2) is 0 Å². The van der Waals surface area contributed by atoms with Crippen LogP contribution in [0.3, 0.4) is 0 Å². The van der Waals surface area contributed by atoms with Crippen molar-refractivity contribution < 1.29 is 9.90 Å². The van der Waals surface area contributed by atoms with Crippen molar-refractivity contribution in [1.82, 2.24) is 9.97 Å². The van der Waals surface area contributed by atoms with E-state index in [-0.39, 0.29) is 11.7 Å². The molecule has 0 saturated carbocycles. The second-order valence-electron chi connectivity index (χ2n) is 4.52. The molecule has 0 radical (unpaired) electrons. The van der Waals surface area contributed by atoms with Gasteiger partial charge < -0.3 is 15.4 Å². The smallest absolute Gasteiger partial charge is 0.255 e. The summed E-state index contributed by atoms with van der Waals surface area (Å²) in [6.07, 6.45) is 3.44. The highest BCUT2D eigenvalue weighted by Gasteiger charge is 2.07. The Morgan fingerprint density at radius 2 is 1.95 bits per heavy atom. The molecule has 3 aromatic rings. The minimum Gasteiger partial charge on any atom is -0.508 e. The summed E-state index contributed by atoms with van der Waals surface area (Å²) in [6.45, 7) is 0. The zero-order chi connectivity index (χ0) is 14.7. The number of hydrogen-bond acceptors (Lipinski definition) is 3. The number of imidazole rings is 1. The van der Waals surface area contributed by atoms with Crippen LogP contribution < -0.4 is 5.32 Å². The van der Waals surface area contributed by atoms with E-state index < -0.39 is 0 Å². The topological polar surface area (TPSA) is 78.0 Å². The molecule has 0 bridgehead atoms. The Morgan fingerprint density at radius 1 is 1.14 bits per heavy atom. The molecule has 0 aliphatic rings. The zero-order valence-electron chi connectivity index (χ0n) is 11.1. The van der Waals surface area contributed by atoms with Crippen molar-refractivity contribution in [2.45, 2.75) is 0 Å². The van der Waals surface area contributed by atoms with E-state index in [0.29, 0.717) is 11.3 Å². The first kappa shape index (κ1) is 12.9. The van der Waals surface area contributed by atoms with E-state index in [4.69, 9.17) is 0 Å². The van der Waals surface area contributed by atoms with Crippen LogP contribution in [0.5, 0.6) is 5.75 Å². The number of rotatable bonds is 3. The normalized spacial score (nSPS) is 10.3. The summed E-state index contributed by atoms with van der Waals surface area (Å²) in [5.41, 5.74) is 2.03. The van der Waals surface area contributed by atoms with E-state index in [0.717, 1.165) is 11.4 Å². The molecule has 1 heterocycles. The molecule has 0 spiro atoms. The number of benzene rings is 2. The van der Waals surface area contributed by atoms with Crippen molar-refractivity contribution in [3.8, 4) is 17.1 Å². The Labute approximate surface area is 121 Å². The fourth-order valence-electron chi connectivity index (χ4n) is 1.98. The minimum atomic E-state index is -0.267. The van der Waals surface area contributed by atoms with Crippen LogP contribution >= 0.6 is 0 Å². The van der Waals surface area contributed by atoms with Gasteiger partial charge in [-0.2, -0.15) is 0 Å². The number of H-pyrrole nitrogens is 1. The van der Waals surface area contributed by atoms with E-state index >= 15 is 0 Å². The predicted molar refractivity (Wildman–Crippen MR) is 80.1 cm³/mol. The van der Waals surface area contributed by atoms with Gasteiger partial charge in [-0.1, -0.05) is 6.07 Å². The van der Waals surface area contributed by atoms with Crippen molar-refractivity contribution in [3.05, 3.63) is 66.5 Å². The number of aromatic amines is 1. The van der Waals surface area contributed by atoms with Crippen LogP contribution in [0.4, 0.5) is 5.69 Å². The van der Waals surface area contributed by atoms with Crippen molar-refractivity contribution in [3.63, 3.8) is 0 Å². The molecule has 104 valence electrons. The standard InChI is InChI=1S/C16H13N3O2/c20-14-3-1-2-12(10-14)16(21)19-13-6-4-11(5-7-13)15-17-8-9-18-15/h1-10,20H,(H,17,18)(H,19,21). The van der Waals surface area contributed by atoms with Gasteiger partial charge in [-0.3, -0.25) is 4.79 Å². The molecule has 0 atom stereocenters. The molecule has 0 aliphatic heterocycles. The number of aromatic nitrogens is 2. The lowest BCUT2D eigenvalue weighted by Gasteiger charge is -2.06. The number of aromatic hydroxyl groups is 1. The Bertz CT molecular complexity index is 749. The molecule has 2 aromatic carbocycles. The molecule has 5 nitrogen and oxygen atoms in total. The highest BCUT2D eigenvalue weighted by molar-refractivity contribution is 6.04. The summed E-state index contributed by atoms with van der Waals surface area (Å²) < 4.78 is 0. The maximum atomic E-state index is 12.0. The SMILES string of the molecule is O=C(Nc1ccc(-c2ncc[nH]2)cc1)c1cccc(O)c1. The molecular formula is C16H13N3O2. The van der Waals surface area contributed by atoms with Gasteiger partial charge in [0.05, 0.1) is 0 Å². The van der Waals surface area contributed by atoms with Crippen LogP contribution in [0.15, 0.2) is 60.9 Å². The summed E-state index contributed by atoms with van der Waals surface area (Å²) in [7, 11) is 0. The molecule has 5 heteroatoms. The average Bonchev–Trinajstić information content (AvgIpc) is 3.02. The van der Waals surface area contributed by atoms with Gasteiger partial charge in [0, 0.05) is 29.2 Å². The number of carbonyl (C=O) groups excluding carboxylic acids is 1. The number of hydrogen-bond donors (Lipinski definition) is 3. The van der Waals surface area contributed by atoms with Gasteiger partial charge in [0.2, 0.25) is 0 Å². The van der Waals surface area contributed by atoms with E-state index in [1.165, 1.54) is 12.1 Å². The molecule has 3 rings (SSSR count). The lowest BCUT2D eigenvalue weighted by molar-refractivity contribution is 0.102. The van der Waals surface area contributed by atoms with Gasteiger partial charge in [0.25, 0.3) is 5.91 Å². The minimum absolute atomic E-state index is 0.0656. The zero-order valence-corrected chi connectivity index (χ0v) is 11.1. The maximum absolute atomic E-state index is 12.0. The predicted octanol–water partition coefficient (Wildman–Crippen LogP) is 3.03. The van der Waals surface area contributed by atoms with Gasteiger partial charge in [-0.05, 0) is 42.5 Å². The van der Waals surface area contributed by atoms with Crippen LogP contribution in [-0.4, -0.2) is 21.0 Å². The van der Waals surface area contributed by atoms with Gasteiger partial charge in [-0.25, -0.2) is 4.98 Å². The molecular weight excluding hydrogens is 266 g/mol. The highest BCUT2D eigenvalue weighted by Crippen LogP contribution is 2.18. The molecule has 1 aromatic heterocycles. The number of anilines is 1. The second kappa shape index (κ2) is 5.50. The largest absolute Gasteiger partial charge is 0.508 e. The highest BCUT2D eigenvalue weighted by atomic mass is 16.3. The number of amides is 1. The van der Waals surface area contributed by atoms with Gasteiger partial charge >= 0.3 is 0 Å². The Hall–Kier alpha value is -3.08. The number of carbonyl (C=O) groups is 1. The van der Waals surface area contributed by atoms with Crippen LogP contribution in [0.2, 0.25) is 0 Å². The summed E-state index contributed by atoms with van der Waals surface area (Å²) in [5.74, 6) is 0.577. The first-order chi connectivity index (χ1) is 10.2. The van der Waals surface area contributed by atoms with Crippen LogP contribution in [0.25, 0.3) is 11.4 Å². The van der Waals surface area contributed by atoms with Crippen LogP contribution in [-0.2, 0) is 0 Å². The summed E-state index contributed by atoms with van der Waals surface area (Å²) >= 11 is 0. The first-order valence-corrected chi connectivity index (χ1v) is 6.42. The van der Waals surface area contributed by atoms with Crippen LogP contribution in [0, 0.1) is 0 Å². The monoisotopic (exact) mass is 279 g/mol. The van der Waals surface area contributed by atoms with Crippen molar-refractivity contribution in [2.24, 2.45) is 0 Å². The third kappa shape index (κ3) is 2.92. The molecule has 21 heavy (non-hydrogen) atoms. The third-order valence-corrected chi connectivity index (χ3v) is 3.02. The summed E-state index contributed by atoms with van der Waals surface area (Å²) in [6, 6.07) is 13.6. The van der Waals surface area contributed by atoms with E-state index in [9.17, 15) is 9.90 Å². The number of phenols is 1. The van der Waals surface area contributed by atoms with E-state index in [1.807, 2.05) is 12.1 Å². The lowest BCUT2D eigenvalue weighted by atomic mass is 10.1. The van der Waals surface area contributed by atoms with Crippen molar-refractivity contribution in [1.29, 1.82) is 0 Å². The number of nitrogens with zero attached hydrogens (tertiary/aromatic N) is 1. The fourth-order valence-corrected chi connectivity index (χ4v) is 1.98. The molecule has 3 N–H and O–H groups in total. The van der Waals surface area contributed by atoms with Gasteiger partial charge in [0.1, 0.15) is 11.6 Å². The van der Waals surface area contributed by atoms with Crippen molar-refractivity contribution in [2.75, 3.05) is 5.32 Å². The van der Waals surface area contributed by atoms with E-state index in [1.54, 1.807) is 36.7 Å². The van der Waals surface area contributed by atoms with Crippen molar-refractivity contribution >= 4 is 11.6 Å². The Morgan fingerprint density at radius 3 is 2.62 bits per heavy atom. The average molecular weight is 279 g/mol. The fraction of sp³-hybridized carbons (Fsp3) is 0. The maximum Gasteiger partial charge on any atom is 0.255 e. The molecule has 0 saturated heterocycles. The van der Waals surface area contributed by atoms with E-state index in [2.05, 4.69) is 15.3 Å². The first-order valence-electron chi connectivity index (χ1n) is 6.42. The molecule has 0 aliphatic carbocycles. The van der Waals surface area contributed by atoms with Crippen LogP contribution in [0.1, 0.15) is 10.4 Å². The Balaban J connectivity index is 1.75. The molecule has 0 fully saturated rings. The van der Waals surface area contributed by atoms with Gasteiger partial charge in [-0.15, -0.1) is 0 Å². The Kier molecular flexibility index (Phi) is 3.39. The number of nitrogens with one attached hydrogen (secondary N) is 2.